The predicted octanol–water partition coefficient (Wildman–Crippen LogP) is 4.56. The summed E-state index contributed by atoms with van der Waals surface area (Å²) in [5.41, 5.74) is -0.572. The van der Waals surface area contributed by atoms with Crippen molar-refractivity contribution in [1.29, 1.82) is 0 Å². The number of hydrogen-bond acceptors (Lipinski definition) is 6. The van der Waals surface area contributed by atoms with Gasteiger partial charge in [0.25, 0.3) is 0 Å². The first kappa shape index (κ1) is 24.9. The monoisotopic (exact) mass is 476 g/mol. The van der Waals surface area contributed by atoms with Crippen molar-refractivity contribution in [2.75, 3.05) is 19.7 Å². The van der Waals surface area contributed by atoms with E-state index in [0.717, 1.165) is 5.75 Å². The average Bonchev–Trinajstić information content (AvgIpc) is 2.75. The van der Waals surface area contributed by atoms with E-state index in [1.807, 2.05) is 19.1 Å². The molecule has 1 heterocycles. The van der Waals surface area contributed by atoms with E-state index in [1.54, 1.807) is 57.2 Å². The van der Waals surface area contributed by atoms with Crippen LogP contribution in [0, 0.1) is 0 Å². The van der Waals surface area contributed by atoms with Gasteiger partial charge in [-0.15, -0.1) is 0 Å². The molecule has 2 aromatic carbocycles. The zero-order chi connectivity index (χ0) is 24.1. The van der Waals surface area contributed by atoms with Gasteiger partial charge in [-0.05, 0) is 89.1 Å². The quantitative estimate of drug-likeness (QED) is 0.630. The minimum Gasteiger partial charge on any atom is -0.494 e. The molecule has 1 aliphatic heterocycles. The van der Waals surface area contributed by atoms with Crippen molar-refractivity contribution >= 4 is 16.1 Å². The summed E-state index contributed by atoms with van der Waals surface area (Å²) in [4.78, 5) is 12.2. The standard InChI is InChI=1S/C24H32N2O6S/c1-5-30-19-6-8-20(9-7-19)31-21-10-12-22(13-11-21)33(28,29)26-16-14-18(15-17-26)25-23(27)32-24(2,3)4/h6-13,18H,5,14-17H2,1-4H3,(H,25,27). The first-order valence-corrected chi connectivity index (χ1v) is 12.5. The minimum absolute atomic E-state index is 0.115. The van der Waals surface area contributed by atoms with Gasteiger partial charge in [0.15, 0.2) is 0 Å². The van der Waals surface area contributed by atoms with Crippen molar-refractivity contribution in [3.8, 4) is 17.2 Å². The van der Waals surface area contributed by atoms with E-state index >= 15 is 0 Å². The van der Waals surface area contributed by atoms with Crippen LogP contribution in [0.3, 0.4) is 0 Å². The van der Waals surface area contributed by atoms with Crippen LogP contribution in [-0.4, -0.2) is 50.2 Å². The molecule has 33 heavy (non-hydrogen) atoms. The maximum atomic E-state index is 13.0. The molecular formula is C24H32N2O6S. The van der Waals surface area contributed by atoms with Crippen molar-refractivity contribution in [2.45, 2.75) is 57.1 Å². The second-order valence-corrected chi connectivity index (χ2v) is 10.7. The second-order valence-electron chi connectivity index (χ2n) is 8.80. The largest absolute Gasteiger partial charge is 0.494 e. The fourth-order valence-corrected chi connectivity index (χ4v) is 4.92. The highest BCUT2D eigenvalue weighted by Crippen LogP contribution is 2.27. The smallest absolute Gasteiger partial charge is 0.407 e. The zero-order valence-electron chi connectivity index (χ0n) is 19.5. The van der Waals surface area contributed by atoms with Crippen LogP contribution in [0.5, 0.6) is 17.2 Å². The molecule has 0 saturated carbocycles. The van der Waals surface area contributed by atoms with Gasteiger partial charge in [-0.2, -0.15) is 4.31 Å². The summed E-state index contributed by atoms with van der Waals surface area (Å²) in [5.74, 6) is 1.93. The molecule has 0 aromatic heterocycles. The predicted molar refractivity (Wildman–Crippen MR) is 125 cm³/mol. The Bertz CT molecular complexity index is 1020. The van der Waals surface area contributed by atoms with Crippen molar-refractivity contribution in [2.24, 2.45) is 0 Å². The van der Waals surface area contributed by atoms with Gasteiger partial charge in [-0.25, -0.2) is 13.2 Å². The first-order valence-electron chi connectivity index (χ1n) is 11.1. The molecule has 0 atom stereocenters. The number of piperidine rings is 1. The van der Waals surface area contributed by atoms with E-state index in [-0.39, 0.29) is 10.9 Å². The Morgan fingerprint density at radius 1 is 0.970 bits per heavy atom. The highest BCUT2D eigenvalue weighted by Gasteiger charge is 2.30. The molecule has 8 nitrogen and oxygen atoms in total. The summed E-state index contributed by atoms with van der Waals surface area (Å²) in [6.07, 6.45) is 0.571. The van der Waals surface area contributed by atoms with Crippen LogP contribution in [0.15, 0.2) is 53.4 Å². The van der Waals surface area contributed by atoms with Crippen molar-refractivity contribution in [1.82, 2.24) is 9.62 Å². The molecule has 3 rings (SSSR count). The fourth-order valence-electron chi connectivity index (χ4n) is 3.45. The van der Waals surface area contributed by atoms with Crippen molar-refractivity contribution < 1.29 is 27.4 Å². The molecule has 0 unspecified atom stereocenters. The fraction of sp³-hybridized carbons (Fsp3) is 0.458. The molecule has 1 amide bonds. The summed E-state index contributed by atoms with van der Waals surface area (Å²) in [5, 5.41) is 2.82. The second kappa shape index (κ2) is 10.4. The van der Waals surface area contributed by atoms with Gasteiger partial charge in [0.1, 0.15) is 22.8 Å². The lowest BCUT2D eigenvalue weighted by Gasteiger charge is -2.32. The normalized spacial score (nSPS) is 15.6. The Morgan fingerprint density at radius 3 is 2.00 bits per heavy atom. The number of nitrogens with one attached hydrogen (secondary N) is 1. The van der Waals surface area contributed by atoms with Crippen molar-refractivity contribution in [3.05, 3.63) is 48.5 Å². The molecule has 0 bridgehead atoms. The lowest BCUT2D eigenvalue weighted by molar-refractivity contribution is 0.0489. The van der Waals surface area contributed by atoms with Gasteiger partial charge in [0, 0.05) is 19.1 Å². The summed E-state index contributed by atoms with van der Waals surface area (Å²) < 4.78 is 44.0. The zero-order valence-corrected chi connectivity index (χ0v) is 20.4. The van der Waals surface area contributed by atoms with Crippen LogP contribution in [-0.2, 0) is 14.8 Å². The molecule has 2 aromatic rings. The molecular weight excluding hydrogens is 444 g/mol. The summed E-state index contributed by atoms with van der Waals surface area (Å²) >= 11 is 0. The Labute approximate surface area is 195 Å². The number of sulfonamides is 1. The van der Waals surface area contributed by atoms with E-state index in [0.29, 0.717) is 44.0 Å². The third kappa shape index (κ3) is 7.10. The number of ether oxygens (including phenoxy) is 3. The van der Waals surface area contributed by atoms with Crippen molar-refractivity contribution in [3.63, 3.8) is 0 Å². The highest BCUT2D eigenvalue weighted by atomic mass is 32.2. The lowest BCUT2D eigenvalue weighted by atomic mass is 10.1. The van der Waals surface area contributed by atoms with E-state index in [4.69, 9.17) is 14.2 Å². The van der Waals surface area contributed by atoms with Crippen LogP contribution in [0.25, 0.3) is 0 Å². The van der Waals surface area contributed by atoms with E-state index in [2.05, 4.69) is 5.32 Å². The maximum Gasteiger partial charge on any atom is 0.407 e. The van der Waals surface area contributed by atoms with Crippen LogP contribution in [0.4, 0.5) is 4.79 Å². The Hall–Kier alpha value is -2.78. The Balaban J connectivity index is 1.55. The van der Waals surface area contributed by atoms with Crippen LogP contribution in [0.1, 0.15) is 40.5 Å². The topological polar surface area (TPSA) is 94.2 Å². The Kier molecular flexibility index (Phi) is 7.86. The van der Waals surface area contributed by atoms with Gasteiger partial charge in [0.05, 0.1) is 11.5 Å². The van der Waals surface area contributed by atoms with Gasteiger partial charge >= 0.3 is 6.09 Å². The number of alkyl carbamates (subject to hydrolysis) is 1. The van der Waals surface area contributed by atoms with Gasteiger partial charge in [-0.1, -0.05) is 0 Å². The molecule has 1 fully saturated rings. The molecule has 0 aliphatic carbocycles. The average molecular weight is 477 g/mol. The van der Waals surface area contributed by atoms with Gasteiger partial charge in [0.2, 0.25) is 10.0 Å². The highest BCUT2D eigenvalue weighted by molar-refractivity contribution is 7.89. The van der Waals surface area contributed by atoms with E-state index < -0.39 is 21.7 Å². The van der Waals surface area contributed by atoms with Gasteiger partial charge < -0.3 is 19.5 Å². The number of rotatable bonds is 7. The number of carbonyl (C=O) groups is 1. The SMILES string of the molecule is CCOc1ccc(Oc2ccc(S(=O)(=O)N3CCC(NC(=O)OC(C)(C)C)CC3)cc2)cc1. The number of carbonyl (C=O) groups excluding carboxylic acids is 1. The molecule has 0 radical (unpaired) electrons. The van der Waals surface area contributed by atoms with E-state index in [1.165, 1.54) is 4.31 Å². The third-order valence-electron chi connectivity index (χ3n) is 5.01. The maximum absolute atomic E-state index is 13.0. The number of benzene rings is 2. The van der Waals surface area contributed by atoms with Gasteiger partial charge in [-0.3, -0.25) is 0 Å². The first-order chi connectivity index (χ1) is 15.6. The molecule has 1 saturated heterocycles. The molecule has 0 spiro atoms. The lowest BCUT2D eigenvalue weighted by Crippen LogP contribution is -2.47. The van der Waals surface area contributed by atoms with Crippen LogP contribution in [0.2, 0.25) is 0 Å². The minimum atomic E-state index is -3.63. The number of hydrogen-bond donors (Lipinski definition) is 1. The summed E-state index contributed by atoms with van der Waals surface area (Å²) in [6.45, 7) is 8.57. The third-order valence-corrected chi connectivity index (χ3v) is 6.92. The molecule has 1 aliphatic rings. The Morgan fingerprint density at radius 2 is 1.48 bits per heavy atom. The summed E-state index contributed by atoms with van der Waals surface area (Å²) in [6, 6.07) is 13.5. The van der Waals surface area contributed by atoms with E-state index in [9.17, 15) is 13.2 Å². The number of amides is 1. The molecule has 9 heteroatoms. The van der Waals surface area contributed by atoms with Crippen LogP contribution >= 0.6 is 0 Å². The van der Waals surface area contributed by atoms with Crippen LogP contribution < -0.4 is 14.8 Å². The molecule has 1 N–H and O–H groups in total. The summed E-state index contributed by atoms with van der Waals surface area (Å²) in [7, 11) is -3.63. The number of nitrogens with zero attached hydrogens (tertiary/aromatic N) is 1. The molecule has 180 valence electrons.